The van der Waals surface area contributed by atoms with Crippen molar-refractivity contribution in [1.29, 1.82) is 0 Å². The molecule has 0 radical (unpaired) electrons. The van der Waals surface area contributed by atoms with Crippen LogP contribution >= 0.6 is 0 Å². The van der Waals surface area contributed by atoms with E-state index in [1.54, 1.807) is 13.2 Å². The second-order valence-corrected chi connectivity index (χ2v) is 5.01. The maximum atomic E-state index is 10.7. The Balaban J connectivity index is 0.00000242. The minimum Gasteiger partial charge on any atom is -1.00 e. The molecule has 0 saturated carbocycles. The molecule has 0 bridgehead atoms. The minimum atomic E-state index is -0.514. The highest BCUT2D eigenvalue weighted by atomic mass is 35.5. The molecule has 6 nitrogen and oxygen atoms in total. The van der Waals surface area contributed by atoms with Crippen molar-refractivity contribution < 1.29 is 31.4 Å². The zero-order chi connectivity index (χ0) is 15.1. The highest BCUT2D eigenvalue weighted by Gasteiger charge is 2.14. The van der Waals surface area contributed by atoms with E-state index >= 15 is 0 Å². The van der Waals surface area contributed by atoms with E-state index in [1.807, 2.05) is 12.1 Å². The van der Waals surface area contributed by atoms with Crippen LogP contribution in [0.3, 0.4) is 0 Å². The van der Waals surface area contributed by atoms with Gasteiger partial charge in [-0.05, 0) is 30.5 Å². The molecule has 22 heavy (non-hydrogen) atoms. The molecule has 1 amide bonds. The van der Waals surface area contributed by atoms with Crippen LogP contribution in [-0.2, 0) is 16.1 Å². The van der Waals surface area contributed by atoms with Crippen LogP contribution in [0.25, 0.3) is 0 Å². The number of nitrogens with two attached hydrogens (primary N) is 1. The summed E-state index contributed by atoms with van der Waals surface area (Å²) in [7, 11) is 1.57. The molecule has 0 aliphatic carbocycles. The molecule has 1 unspecified atom stereocenters. The maximum absolute atomic E-state index is 10.7. The number of amides is 1. The summed E-state index contributed by atoms with van der Waals surface area (Å²) in [6, 6.07) is 5.60. The van der Waals surface area contributed by atoms with Crippen LogP contribution in [0.4, 0.5) is 0 Å². The molecule has 1 aliphatic rings. The maximum Gasteiger partial charge on any atom is 0.255 e. The average molecular weight is 330 g/mol. The summed E-state index contributed by atoms with van der Waals surface area (Å²) >= 11 is 0. The highest BCUT2D eigenvalue weighted by molar-refractivity contribution is 5.75. The van der Waals surface area contributed by atoms with Crippen LogP contribution in [0, 0.1) is 0 Å². The molecular formula is C15H22ClN2O4-. The predicted octanol–water partition coefficient (Wildman–Crippen LogP) is -2.17. The fraction of sp³-hybridized carbons (Fsp3) is 0.533. The Hall–Kier alpha value is -1.50. The molecule has 0 spiro atoms. The molecule has 0 aromatic heterocycles. The fourth-order valence-electron chi connectivity index (χ4n) is 2.27. The molecule has 1 saturated heterocycles. The minimum absolute atomic E-state index is 0. The molecule has 1 aromatic carbocycles. The van der Waals surface area contributed by atoms with Crippen LogP contribution in [0.2, 0.25) is 0 Å². The van der Waals surface area contributed by atoms with Gasteiger partial charge in [-0.15, -0.1) is 0 Å². The molecule has 1 heterocycles. The molecule has 1 aliphatic heterocycles. The van der Waals surface area contributed by atoms with Gasteiger partial charge >= 0.3 is 0 Å². The van der Waals surface area contributed by atoms with E-state index in [0.29, 0.717) is 17.6 Å². The third kappa shape index (κ3) is 5.71. The van der Waals surface area contributed by atoms with E-state index in [2.05, 4.69) is 5.32 Å². The quantitative estimate of drug-likeness (QED) is 0.567. The number of methoxy groups -OCH3 is 1. The van der Waals surface area contributed by atoms with Crippen molar-refractivity contribution in [2.45, 2.75) is 25.5 Å². The van der Waals surface area contributed by atoms with Crippen molar-refractivity contribution in [3.63, 3.8) is 0 Å². The van der Waals surface area contributed by atoms with Crippen molar-refractivity contribution in [3.8, 4) is 11.5 Å². The van der Waals surface area contributed by atoms with Gasteiger partial charge in [-0.25, -0.2) is 0 Å². The van der Waals surface area contributed by atoms with E-state index in [1.165, 1.54) is 0 Å². The summed E-state index contributed by atoms with van der Waals surface area (Å²) in [6.45, 7) is 2.29. The van der Waals surface area contributed by atoms with Crippen LogP contribution in [0.1, 0.15) is 18.4 Å². The second-order valence-electron chi connectivity index (χ2n) is 5.01. The Morgan fingerprint density at radius 1 is 1.45 bits per heavy atom. The lowest BCUT2D eigenvalue weighted by Gasteiger charge is -2.13. The Labute approximate surface area is 136 Å². The first-order valence-electron chi connectivity index (χ1n) is 7.09. The molecular weight excluding hydrogens is 308 g/mol. The summed E-state index contributed by atoms with van der Waals surface area (Å²) in [4.78, 5) is 10.7. The van der Waals surface area contributed by atoms with Crippen molar-refractivity contribution in [2.24, 2.45) is 5.73 Å². The number of halogens is 1. The van der Waals surface area contributed by atoms with Crippen LogP contribution in [0.5, 0.6) is 11.5 Å². The summed E-state index contributed by atoms with van der Waals surface area (Å²) in [6.07, 6.45) is 2.59. The smallest absolute Gasteiger partial charge is 0.255 e. The summed E-state index contributed by atoms with van der Waals surface area (Å²) in [5.74, 6) is 0.589. The highest BCUT2D eigenvalue weighted by Crippen LogP contribution is 2.28. The average Bonchev–Trinajstić information content (AvgIpc) is 2.98. The third-order valence-corrected chi connectivity index (χ3v) is 3.32. The molecule has 1 aromatic rings. The van der Waals surface area contributed by atoms with Gasteiger partial charge in [-0.3, -0.25) is 4.79 Å². The number of primary amides is 1. The van der Waals surface area contributed by atoms with E-state index in [9.17, 15) is 4.79 Å². The Morgan fingerprint density at radius 3 is 2.91 bits per heavy atom. The first kappa shape index (κ1) is 18.5. The molecule has 1 atom stereocenters. The molecule has 3 N–H and O–H groups in total. The molecule has 7 heteroatoms. The zero-order valence-electron chi connectivity index (χ0n) is 12.6. The standard InChI is InChI=1S/C15H22N2O4.ClH/c1-19-14-7-11(4-5-13(14)21-10-15(16)18)8-17-9-12-3-2-6-20-12;/h4-5,7,12,17H,2-3,6,8-10H2,1H3,(H2,16,18);1H/p-1. The number of hydrogen-bond acceptors (Lipinski definition) is 5. The van der Waals surface area contributed by atoms with Gasteiger partial charge in [-0.2, -0.15) is 0 Å². The first-order chi connectivity index (χ1) is 10.2. The van der Waals surface area contributed by atoms with Crippen LogP contribution in [-0.4, -0.2) is 38.9 Å². The first-order valence-corrected chi connectivity index (χ1v) is 7.09. The Kier molecular flexibility index (Phi) is 8.01. The van der Waals surface area contributed by atoms with Gasteiger partial charge in [0.05, 0.1) is 13.2 Å². The number of carbonyl (C=O) groups excluding carboxylic acids is 1. The second kappa shape index (κ2) is 9.50. The Morgan fingerprint density at radius 2 is 2.27 bits per heavy atom. The molecule has 124 valence electrons. The number of benzene rings is 1. The molecule has 1 fully saturated rings. The van der Waals surface area contributed by atoms with Crippen LogP contribution in [0.15, 0.2) is 18.2 Å². The van der Waals surface area contributed by atoms with E-state index in [-0.39, 0.29) is 19.0 Å². The summed E-state index contributed by atoms with van der Waals surface area (Å²) < 4.78 is 16.1. The zero-order valence-corrected chi connectivity index (χ0v) is 13.4. The number of ether oxygens (including phenoxy) is 3. The lowest BCUT2D eigenvalue weighted by molar-refractivity contribution is -0.119. The fourth-order valence-corrected chi connectivity index (χ4v) is 2.27. The number of carbonyl (C=O) groups is 1. The largest absolute Gasteiger partial charge is 1.00 e. The van der Waals surface area contributed by atoms with Gasteiger partial charge < -0.3 is 37.7 Å². The summed E-state index contributed by atoms with van der Waals surface area (Å²) in [5, 5.41) is 3.37. The van der Waals surface area contributed by atoms with E-state index in [0.717, 1.165) is 38.1 Å². The monoisotopic (exact) mass is 329 g/mol. The Bertz CT molecular complexity index is 479. The lowest BCUT2D eigenvalue weighted by atomic mass is 10.2. The van der Waals surface area contributed by atoms with Crippen molar-refractivity contribution in [3.05, 3.63) is 23.8 Å². The van der Waals surface area contributed by atoms with Gasteiger partial charge in [0.25, 0.3) is 5.91 Å². The van der Waals surface area contributed by atoms with Gasteiger partial charge in [0.15, 0.2) is 18.1 Å². The van der Waals surface area contributed by atoms with Gasteiger partial charge in [0, 0.05) is 19.7 Å². The number of hydrogen-bond donors (Lipinski definition) is 2. The lowest BCUT2D eigenvalue weighted by Crippen LogP contribution is -3.00. The van der Waals surface area contributed by atoms with Gasteiger partial charge in [0.1, 0.15) is 0 Å². The number of nitrogens with one attached hydrogen (secondary N) is 1. The summed E-state index contributed by atoms with van der Waals surface area (Å²) in [5.41, 5.74) is 6.14. The van der Waals surface area contributed by atoms with E-state index < -0.39 is 5.91 Å². The van der Waals surface area contributed by atoms with Crippen LogP contribution < -0.4 is 32.9 Å². The van der Waals surface area contributed by atoms with Crippen molar-refractivity contribution >= 4 is 5.91 Å². The van der Waals surface area contributed by atoms with Gasteiger partial charge in [-0.1, -0.05) is 6.07 Å². The van der Waals surface area contributed by atoms with E-state index in [4.69, 9.17) is 19.9 Å². The van der Waals surface area contributed by atoms with Gasteiger partial charge in [0.2, 0.25) is 0 Å². The predicted molar refractivity (Wildman–Crippen MR) is 78.4 cm³/mol. The van der Waals surface area contributed by atoms with Crippen molar-refractivity contribution in [2.75, 3.05) is 26.9 Å². The number of rotatable bonds is 8. The van der Waals surface area contributed by atoms with Crippen molar-refractivity contribution in [1.82, 2.24) is 5.32 Å². The third-order valence-electron chi connectivity index (χ3n) is 3.32. The molecule has 2 rings (SSSR count). The SMILES string of the molecule is COc1cc(CNCC2CCCO2)ccc1OCC(N)=O.[Cl-]. The topological polar surface area (TPSA) is 82.8 Å². The normalized spacial score (nSPS) is 16.9.